The SMILES string of the molecule is N#Cc1cccc(S(=O)(=O)N2CCN(c3nc4cccnc4s3)CC2)c1. The van der Waals surface area contributed by atoms with Gasteiger partial charge in [0, 0.05) is 32.4 Å². The van der Waals surface area contributed by atoms with Crippen LogP contribution in [0, 0.1) is 11.3 Å². The highest BCUT2D eigenvalue weighted by atomic mass is 32.2. The molecular formula is C17H15N5O2S2. The highest BCUT2D eigenvalue weighted by molar-refractivity contribution is 7.89. The average Bonchev–Trinajstić information content (AvgIpc) is 3.12. The van der Waals surface area contributed by atoms with Crippen molar-refractivity contribution in [2.75, 3.05) is 31.1 Å². The van der Waals surface area contributed by atoms with Gasteiger partial charge in [0.15, 0.2) is 5.13 Å². The Morgan fingerprint density at radius 2 is 1.92 bits per heavy atom. The van der Waals surface area contributed by atoms with E-state index in [-0.39, 0.29) is 4.90 Å². The molecule has 9 heteroatoms. The summed E-state index contributed by atoms with van der Waals surface area (Å²) in [5.41, 5.74) is 1.20. The first kappa shape index (κ1) is 16.9. The van der Waals surface area contributed by atoms with E-state index >= 15 is 0 Å². The number of sulfonamides is 1. The van der Waals surface area contributed by atoms with E-state index in [2.05, 4.69) is 14.9 Å². The van der Waals surface area contributed by atoms with Crippen LogP contribution in [0.2, 0.25) is 0 Å². The second-order valence-corrected chi connectivity index (χ2v) is 8.75. The first-order valence-electron chi connectivity index (χ1n) is 8.05. The molecule has 1 aliphatic rings. The molecule has 1 fully saturated rings. The molecule has 26 heavy (non-hydrogen) atoms. The van der Waals surface area contributed by atoms with E-state index in [1.54, 1.807) is 18.3 Å². The topological polar surface area (TPSA) is 90.2 Å². The number of aromatic nitrogens is 2. The molecule has 0 amide bonds. The quantitative estimate of drug-likeness (QED) is 0.686. The summed E-state index contributed by atoms with van der Waals surface area (Å²) in [6, 6.07) is 11.9. The Hall–Kier alpha value is -2.54. The van der Waals surface area contributed by atoms with Crippen molar-refractivity contribution >= 4 is 36.8 Å². The van der Waals surface area contributed by atoms with Crippen molar-refractivity contribution in [3.8, 4) is 6.07 Å². The largest absolute Gasteiger partial charge is 0.345 e. The van der Waals surface area contributed by atoms with Gasteiger partial charge in [0.1, 0.15) is 10.3 Å². The lowest BCUT2D eigenvalue weighted by atomic mass is 10.2. The van der Waals surface area contributed by atoms with Crippen molar-refractivity contribution in [2.45, 2.75) is 4.90 Å². The molecule has 2 aromatic heterocycles. The van der Waals surface area contributed by atoms with Crippen molar-refractivity contribution in [1.29, 1.82) is 5.26 Å². The van der Waals surface area contributed by atoms with Gasteiger partial charge in [-0.25, -0.2) is 18.4 Å². The Balaban J connectivity index is 1.51. The number of fused-ring (bicyclic) bond motifs is 1. The van der Waals surface area contributed by atoms with Gasteiger partial charge in [-0.1, -0.05) is 17.4 Å². The van der Waals surface area contributed by atoms with Gasteiger partial charge in [0.2, 0.25) is 10.0 Å². The van der Waals surface area contributed by atoms with Crippen LogP contribution in [0.4, 0.5) is 5.13 Å². The zero-order valence-corrected chi connectivity index (χ0v) is 15.4. The summed E-state index contributed by atoms with van der Waals surface area (Å²) in [5.74, 6) is 0. The van der Waals surface area contributed by atoms with E-state index in [0.717, 1.165) is 15.5 Å². The third-order valence-electron chi connectivity index (χ3n) is 4.27. The lowest BCUT2D eigenvalue weighted by Crippen LogP contribution is -2.48. The van der Waals surface area contributed by atoms with Crippen LogP contribution in [0.5, 0.6) is 0 Å². The van der Waals surface area contributed by atoms with Crippen LogP contribution >= 0.6 is 11.3 Å². The predicted octanol–water partition coefficient (Wildman–Crippen LogP) is 2.07. The third kappa shape index (κ3) is 3.03. The molecule has 3 heterocycles. The van der Waals surface area contributed by atoms with Crippen molar-refractivity contribution in [3.63, 3.8) is 0 Å². The van der Waals surface area contributed by atoms with Gasteiger partial charge >= 0.3 is 0 Å². The summed E-state index contributed by atoms with van der Waals surface area (Å²) in [7, 11) is -3.60. The van der Waals surface area contributed by atoms with Crippen LogP contribution in [-0.2, 0) is 10.0 Å². The molecule has 1 aliphatic heterocycles. The number of pyridine rings is 1. The molecule has 0 atom stereocenters. The fourth-order valence-corrected chi connectivity index (χ4v) is 5.32. The van der Waals surface area contributed by atoms with Crippen molar-refractivity contribution in [1.82, 2.24) is 14.3 Å². The fraction of sp³-hybridized carbons (Fsp3) is 0.235. The van der Waals surface area contributed by atoms with Crippen LogP contribution in [0.1, 0.15) is 5.56 Å². The van der Waals surface area contributed by atoms with Gasteiger partial charge in [0.25, 0.3) is 0 Å². The van der Waals surface area contributed by atoms with Crippen LogP contribution in [0.25, 0.3) is 10.3 Å². The second-order valence-electron chi connectivity index (χ2n) is 5.85. The number of nitrogens with zero attached hydrogens (tertiary/aromatic N) is 5. The molecule has 3 aromatic rings. The summed E-state index contributed by atoms with van der Waals surface area (Å²) in [6.07, 6.45) is 1.74. The highest BCUT2D eigenvalue weighted by Gasteiger charge is 2.29. The van der Waals surface area contributed by atoms with E-state index < -0.39 is 10.0 Å². The number of thiazole rings is 1. The van der Waals surface area contributed by atoms with Crippen molar-refractivity contribution < 1.29 is 8.42 Å². The molecule has 0 saturated carbocycles. The maximum atomic E-state index is 12.8. The smallest absolute Gasteiger partial charge is 0.243 e. The Kier molecular flexibility index (Phi) is 4.32. The molecule has 4 rings (SSSR count). The van der Waals surface area contributed by atoms with E-state index in [1.165, 1.54) is 27.8 Å². The van der Waals surface area contributed by atoms with Crippen molar-refractivity contribution in [2.24, 2.45) is 0 Å². The normalized spacial score (nSPS) is 15.9. The number of anilines is 1. The number of hydrogen-bond donors (Lipinski definition) is 0. The first-order chi connectivity index (χ1) is 12.6. The molecule has 1 aromatic carbocycles. The van der Waals surface area contributed by atoms with E-state index in [4.69, 9.17) is 5.26 Å². The molecule has 0 radical (unpaired) electrons. The van der Waals surface area contributed by atoms with E-state index in [1.807, 2.05) is 18.2 Å². The lowest BCUT2D eigenvalue weighted by Gasteiger charge is -2.33. The Bertz CT molecular complexity index is 1060. The number of piperazine rings is 1. The molecule has 1 saturated heterocycles. The Morgan fingerprint density at radius 3 is 2.65 bits per heavy atom. The molecule has 0 N–H and O–H groups in total. The maximum absolute atomic E-state index is 12.8. The van der Waals surface area contributed by atoms with Gasteiger partial charge in [-0.2, -0.15) is 9.57 Å². The summed E-state index contributed by atoms with van der Waals surface area (Å²) >= 11 is 1.51. The molecule has 0 bridgehead atoms. The molecule has 0 unspecified atom stereocenters. The molecule has 132 valence electrons. The number of nitriles is 1. The average molecular weight is 385 g/mol. The van der Waals surface area contributed by atoms with Crippen LogP contribution < -0.4 is 4.90 Å². The summed E-state index contributed by atoms with van der Waals surface area (Å²) < 4.78 is 27.1. The number of hydrogen-bond acceptors (Lipinski definition) is 7. The Morgan fingerprint density at radius 1 is 1.12 bits per heavy atom. The number of benzene rings is 1. The summed E-state index contributed by atoms with van der Waals surface area (Å²) in [4.78, 5) is 12.0. The molecule has 0 aliphatic carbocycles. The molecule has 0 spiro atoms. The van der Waals surface area contributed by atoms with Crippen LogP contribution in [0.15, 0.2) is 47.5 Å². The first-order valence-corrected chi connectivity index (χ1v) is 10.3. The van der Waals surface area contributed by atoms with Gasteiger partial charge in [-0.15, -0.1) is 0 Å². The number of rotatable bonds is 3. The highest BCUT2D eigenvalue weighted by Crippen LogP contribution is 2.28. The maximum Gasteiger partial charge on any atom is 0.243 e. The van der Waals surface area contributed by atoms with Gasteiger partial charge in [-0.05, 0) is 30.3 Å². The van der Waals surface area contributed by atoms with E-state index in [0.29, 0.717) is 31.7 Å². The minimum Gasteiger partial charge on any atom is -0.345 e. The van der Waals surface area contributed by atoms with Gasteiger partial charge in [-0.3, -0.25) is 0 Å². The molecular weight excluding hydrogens is 370 g/mol. The second kappa shape index (κ2) is 6.64. The zero-order valence-electron chi connectivity index (χ0n) is 13.7. The van der Waals surface area contributed by atoms with E-state index in [9.17, 15) is 8.42 Å². The minimum atomic E-state index is -3.60. The van der Waals surface area contributed by atoms with Crippen LogP contribution in [0.3, 0.4) is 0 Å². The Labute approximate surface area is 155 Å². The third-order valence-corrected chi connectivity index (χ3v) is 7.20. The monoisotopic (exact) mass is 385 g/mol. The fourth-order valence-electron chi connectivity index (χ4n) is 2.89. The van der Waals surface area contributed by atoms with Gasteiger partial charge < -0.3 is 4.90 Å². The van der Waals surface area contributed by atoms with Crippen LogP contribution in [-0.4, -0.2) is 48.9 Å². The van der Waals surface area contributed by atoms with Crippen molar-refractivity contribution in [3.05, 3.63) is 48.2 Å². The lowest BCUT2D eigenvalue weighted by molar-refractivity contribution is 0.385. The predicted molar refractivity (Wildman–Crippen MR) is 99.5 cm³/mol. The standard InChI is InChI=1S/C17H15N5O2S2/c18-12-13-3-1-4-14(11-13)26(23,24)22-9-7-21(8-10-22)17-20-15-5-2-6-19-16(15)25-17/h1-6,11H,7-10H2. The zero-order chi connectivity index (χ0) is 18.1. The summed E-state index contributed by atoms with van der Waals surface area (Å²) in [5, 5.41) is 9.85. The summed E-state index contributed by atoms with van der Waals surface area (Å²) in [6.45, 7) is 1.89. The molecule has 7 nitrogen and oxygen atoms in total. The van der Waals surface area contributed by atoms with Gasteiger partial charge in [0.05, 0.1) is 16.5 Å². The minimum absolute atomic E-state index is 0.161.